The quantitative estimate of drug-likeness (QED) is 0.838. The van der Waals surface area contributed by atoms with Crippen molar-refractivity contribution in [3.63, 3.8) is 0 Å². The van der Waals surface area contributed by atoms with Crippen LogP contribution in [-0.4, -0.2) is 43.1 Å². The maximum absolute atomic E-state index is 12.5. The lowest BCUT2D eigenvalue weighted by Gasteiger charge is -2.34. The molecule has 2 rings (SSSR count). The second kappa shape index (κ2) is 9.01. The Bertz CT molecular complexity index is 475. The van der Waals surface area contributed by atoms with Gasteiger partial charge in [0.05, 0.1) is 18.1 Å². The van der Waals surface area contributed by atoms with Crippen LogP contribution >= 0.6 is 11.6 Å². The van der Waals surface area contributed by atoms with Crippen molar-refractivity contribution in [3.05, 3.63) is 29.3 Å². The molecule has 0 unspecified atom stereocenters. The van der Waals surface area contributed by atoms with Crippen molar-refractivity contribution in [2.75, 3.05) is 26.2 Å². The van der Waals surface area contributed by atoms with E-state index in [-0.39, 0.29) is 5.91 Å². The number of hydrogen-bond acceptors (Lipinski definition) is 3. The minimum atomic E-state index is 0.181. The van der Waals surface area contributed by atoms with E-state index in [9.17, 15) is 4.79 Å². The molecule has 1 aliphatic rings. The van der Waals surface area contributed by atoms with Crippen LogP contribution in [0.4, 0.5) is 0 Å². The van der Waals surface area contributed by atoms with Gasteiger partial charge in [0.1, 0.15) is 5.75 Å². The van der Waals surface area contributed by atoms with E-state index < -0.39 is 0 Å². The van der Waals surface area contributed by atoms with Crippen molar-refractivity contribution in [2.24, 2.45) is 0 Å². The Balaban J connectivity index is 1.84. The summed E-state index contributed by atoms with van der Waals surface area (Å²) in [5, 5.41) is 3.93. The molecular formula is C17H25ClN2O2. The van der Waals surface area contributed by atoms with Gasteiger partial charge in [-0.15, -0.1) is 0 Å². The fourth-order valence-electron chi connectivity index (χ4n) is 2.82. The zero-order valence-electron chi connectivity index (χ0n) is 13.2. The molecule has 1 N–H and O–H groups in total. The number of piperidine rings is 1. The molecule has 1 aliphatic heterocycles. The maximum Gasteiger partial charge on any atom is 0.226 e. The van der Waals surface area contributed by atoms with Crippen LogP contribution in [0.1, 0.15) is 32.6 Å². The topological polar surface area (TPSA) is 41.6 Å². The molecule has 0 bridgehead atoms. The molecular weight excluding hydrogens is 300 g/mol. The van der Waals surface area contributed by atoms with Crippen LogP contribution in [0, 0.1) is 0 Å². The number of benzene rings is 1. The van der Waals surface area contributed by atoms with E-state index >= 15 is 0 Å². The number of amides is 1. The number of para-hydroxylation sites is 1. The van der Waals surface area contributed by atoms with Crippen molar-refractivity contribution in [2.45, 2.75) is 38.6 Å². The molecule has 1 fully saturated rings. The van der Waals surface area contributed by atoms with E-state index in [1.165, 1.54) is 0 Å². The van der Waals surface area contributed by atoms with E-state index in [1.807, 2.05) is 23.1 Å². The van der Waals surface area contributed by atoms with E-state index in [0.29, 0.717) is 29.8 Å². The van der Waals surface area contributed by atoms with Crippen LogP contribution in [0.25, 0.3) is 0 Å². The molecule has 1 aromatic carbocycles. The van der Waals surface area contributed by atoms with Crippen LogP contribution in [0.15, 0.2) is 24.3 Å². The Morgan fingerprint density at radius 2 is 2.09 bits per heavy atom. The van der Waals surface area contributed by atoms with E-state index in [4.69, 9.17) is 16.3 Å². The first-order chi connectivity index (χ1) is 10.7. The van der Waals surface area contributed by atoms with Crippen molar-refractivity contribution in [1.29, 1.82) is 0 Å². The van der Waals surface area contributed by atoms with E-state index in [0.717, 1.165) is 38.9 Å². The molecule has 0 radical (unpaired) electrons. The summed E-state index contributed by atoms with van der Waals surface area (Å²) >= 11 is 6.05. The number of carbonyl (C=O) groups excluding carboxylic acids is 1. The summed E-state index contributed by atoms with van der Waals surface area (Å²) in [4.78, 5) is 14.5. The lowest BCUT2D eigenvalue weighted by molar-refractivity contribution is -0.134. The standard InChI is InChI=1S/C17H25ClN2O2/c1-2-12-20(14-7-10-19-11-8-14)17(21)9-13-22-16-6-4-3-5-15(16)18/h3-6,14,19H,2,7-13H2,1H3. The Kier molecular flexibility index (Phi) is 7.00. The Morgan fingerprint density at radius 3 is 2.77 bits per heavy atom. The van der Waals surface area contributed by atoms with Gasteiger partial charge in [-0.2, -0.15) is 0 Å². The van der Waals surface area contributed by atoms with Crippen molar-refractivity contribution >= 4 is 17.5 Å². The van der Waals surface area contributed by atoms with Crippen molar-refractivity contribution in [1.82, 2.24) is 10.2 Å². The minimum Gasteiger partial charge on any atom is -0.491 e. The Hall–Kier alpha value is -1.26. The molecule has 22 heavy (non-hydrogen) atoms. The largest absolute Gasteiger partial charge is 0.491 e. The van der Waals surface area contributed by atoms with Gasteiger partial charge in [0.2, 0.25) is 5.91 Å². The number of ether oxygens (including phenoxy) is 1. The molecule has 122 valence electrons. The average Bonchev–Trinajstić information content (AvgIpc) is 2.55. The van der Waals surface area contributed by atoms with Gasteiger partial charge < -0.3 is 15.0 Å². The predicted molar refractivity (Wildman–Crippen MR) is 89.5 cm³/mol. The van der Waals surface area contributed by atoms with Crippen LogP contribution < -0.4 is 10.1 Å². The molecule has 0 aliphatic carbocycles. The fraction of sp³-hybridized carbons (Fsp3) is 0.588. The molecule has 5 heteroatoms. The minimum absolute atomic E-state index is 0.181. The highest BCUT2D eigenvalue weighted by molar-refractivity contribution is 6.32. The summed E-state index contributed by atoms with van der Waals surface area (Å²) in [7, 11) is 0. The first-order valence-corrected chi connectivity index (χ1v) is 8.47. The third-order valence-corrected chi connectivity index (χ3v) is 4.26. The van der Waals surface area contributed by atoms with Crippen LogP contribution in [0.5, 0.6) is 5.75 Å². The molecule has 0 spiro atoms. The third-order valence-electron chi connectivity index (χ3n) is 3.94. The highest BCUT2D eigenvalue weighted by atomic mass is 35.5. The molecule has 1 saturated heterocycles. The summed E-state index contributed by atoms with van der Waals surface area (Å²) < 4.78 is 5.63. The molecule has 0 aromatic heterocycles. The molecule has 0 saturated carbocycles. The number of hydrogen-bond donors (Lipinski definition) is 1. The van der Waals surface area contributed by atoms with Crippen molar-refractivity contribution in [3.8, 4) is 5.75 Å². The van der Waals surface area contributed by atoms with Gasteiger partial charge in [0.15, 0.2) is 0 Å². The fourth-order valence-corrected chi connectivity index (χ4v) is 3.01. The number of halogens is 1. The molecule has 0 atom stereocenters. The summed E-state index contributed by atoms with van der Waals surface area (Å²) in [6.45, 7) is 5.30. The average molecular weight is 325 g/mol. The van der Waals surface area contributed by atoms with E-state index in [2.05, 4.69) is 12.2 Å². The second-order valence-corrected chi connectivity index (χ2v) is 6.00. The highest BCUT2D eigenvalue weighted by Crippen LogP contribution is 2.23. The number of nitrogens with one attached hydrogen (secondary N) is 1. The van der Waals surface area contributed by atoms with Gasteiger partial charge >= 0.3 is 0 Å². The third kappa shape index (κ3) is 4.89. The number of rotatable bonds is 7. The Morgan fingerprint density at radius 1 is 1.36 bits per heavy atom. The van der Waals surface area contributed by atoms with Crippen LogP contribution in [0.2, 0.25) is 5.02 Å². The molecule has 4 nitrogen and oxygen atoms in total. The summed E-state index contributed by atoms with van der Waals surface area (Å²) in [5.41, 5.74) is 0. The molecule has 1 amide bonds. The van der Waals surface area contributed by atoms with Crippen LogP contribution in [-0.2, 0) is 4.79 Å². The van der Waals surface area contributed by atoms with Gasteiger partial charge in [-0.1, -0.05) is 30.7 Å². The monoisotopic (exact) mass is 324 g/mol. The summed E-state index contributed by atoms with van der Waals surface area (Å²) in [6.07, 6.45) is 3.46. The lowest BCUT2D eigenvalue weighted by Crippen LogP contribution is -2.46. The smallest absolute Gasteiger partial charge is 0.226 e. The number of carbonyl (C=O) groups is 1. The summed E-state index contributed by atoms with van der Waals surface area (Å²) in [5.74, 6) is 0.821. The maximum atomic E-state index is 12.5. The first-order valence-electron chi connectivity index (χ1n) is 8.10. The summed E-state index contributed by atoms with van der Waals surface area (Å²) in [6, 6.07) is 7.72. The van der Waals surface area contributed by atoms with Crippen LogP contribution in [0.3, 0.4) is 0 Å². The molecule has 1 aromatic rings. The van der Waals surface area contributed by atoms with Crippen molar-refractivity contribution < 1.29 is 9.53 Å². The van der Waals surface area contributed by atoms with Gasteiger partial charge in [0, 0.05) is 12.6 Å². The van der Waals surface area contributed by atoms with Gasteiger partial charge in [-0.25, -0.2) is 0 Å². The highest BCUT2D eigenvalue weighted by Gasteiger charge is 2.24. The van der Waals surface area contributed by atoms with Gasteiger partial charge in [-0.3, -0.25) is 4.79 Å². The van der Waals surface area contributed by atoms with E-state index in [1.54, 1.807) is 6.07 Å². The Labute approximate surface area is 137 Å². The second-order valence-electron chi connectivity index (χ2n) is 5.60. The van der Waals surface area contributed by atoms with Gasteiger partial charge in [-0.05, 0) is 44.5 Å². The first kappa shape index (κ1) is 17.1. The number of nitrogens with zero attached hydrogens (tertiary/aromatic N) is 1. The normalized spacial score (nSPS) is 15.5. The predicted octanol–water partition coefficient (Wildman–Crippen LogP) is 3.10. The van der Waals surface area contributed by atoms with Gasteiger partial charge in [0.25, 0.3) is 0 Å². The molecule has 1 heterocycles. The lowest BCUT2D eigenvalue weighted by atomic mass is 10.0. The SMILES string of the molecule is CCCN(C(=O)CCOc1ccccc1Cl)C1CCNCC1. The zero-order valence-corrected chi connectivity index (χ0v) is 13.9. The zero-order chi connectivity index (χ0) is 15.8.